The van der Waals surface area contributed by atoms with Gasteiger partial charge in [0.05, 0.1) is 28.4 Å². The summed E-state index contributed by atoms with van der Waals surface area (Å²) in [7, 11) is 0. The lowest BCUT2D eigenvalue weighted by atomic mass is 10.1. The molecular formula is C21H16ClF3N6OS. The molecule has 2 aromatic heterocycles. The second kappa shape index (κ2) is 9.28. The van der Waals surface area contributed by atoms with Gasteiger partial charge in [0.1, 0.15) is 12.1 Å². The van der Waals surface area contributed by atoms with Crippen LogP contribution in [0.2, 0.25) is 5.02 Å². The van der Waals surface area contributed by atoms with E-state index in [1.54, 1.807) is 29.7 Å². The van der Waals surface area contributed by atoms with Crippen molar-refractivity contribution >= 4 is 35.1 Å². The Kier molecular flexibility index (Phi) is 6.43. The van der Waals surface area contributed by atoms with Crippen LogP contribution in [-0.4, -0.2) is 36.2 Å². The van der Waals surface area contributed by atoms with Crippen molar-refractivity contribution in [3.05, 3.63) is 77.2 Å². The molecule has 0 aliphatic heterocycles. The van der Waals surface area contributed by atoms with Crippen LogP contribution in [0.4, 0.5) is 19.0 Å². The van der Waals surface area contributed by atoms with E-state index in [4.69, 9.17) is 11.6 Å². The molecular weight excluding hydrogens is 477 g/mol. The van der Waals surface area contributed by atoms with Gasteiger partial charge in [0.2, 0.25) is 5.91 Å². The van der Waals surface area contributed by atoms with Gasteiger partial charge in [-0.15, -0.1) is 10.2 Å². The molecule has 0 aliphatic rings. The third-order valence-electron chi connectivity index (χ3n) is 4.47. The first-order valence-electron chi connectivity index (χ1n) is 9.54. The number of aromatic nitrogens is 5. The van der Waals surface area contributed by atoms with E-state index in [9.17, 15) is 18.0 Å². The lowest BCUT2D eigenvalue weighted by molar-refractivity contribution is -0.137. The van der Waals surface area contributed by atoms with Crippen LogP contribution in [0.15, 0.2) is 66.1 Å². The molecule has 2 aromatic carbocycles. The highest BCUT2D eigenvalue weighted by atomic mass is 35.5. The van der Waals surface area contributed by atoms with Crippen LogP contribution in [0.1, 0.15) is 11.3 Å². The minimum absolute atomic E-state index is 0.0512. The Balaban J connectivity index is 1.52. The smallest absolute Gasteiger partial charge is 0.310 e. The van der Waals surface area contributed by atoms with Gasteiger partial charge in [0.25, 0.3) is 0 Å². The zero-order valence-electron chi connectivity index (χ0n) is 17.0. The maximum atomic E-state index is 13.5. The van der Waals surface area contributed by atoms with Crippen molar-refractivity contribution in [2.24, 2.45) is 0 Å². The van der Waals surface area contributed by atoms with Crippen LogP contribution >= 0.6 is 23.4 Å². The predicted octanol–water partition coefficient (Wildman–Crippen LogP) is 5.16. The lowest BCUT2D eigenvalue weighted by Gasteiger charge is -2.15. The standard InChI is InChI=1S/C21H16ClF3N6OS/c1-13-9-18(31(29-13)17-8-3-2-7-16(17)21(23,24)25)27-19(32)11-33-20-28-26-12-30(20)15-6-4-5-14(22)10-15/h2-10,12H,11H2,1H3,(H,27,32). The van der Waals surface area contributed by atoms with E-state index in [2.05, 4.69) is 20.6 Å². The molecule has 0 saturated carbocycles. The van der Waals surface area contributed by atoms with Gasteiger partial charge in [0.15, 0.2) is 5.16 Å². The number of rotatable bonds is 6. The van der Waals surface area contributed by atoms with Crippen LogP contribution in [0, 0.1) is 6.92 Å². The monoisotopic (exact) mass is 492 g/mol. The predicted molar refractivity (Wildman–Crippen MR) is 119 cm³/mol. The number of anilines is 1. The Bertz CT molecular complexity index is 1300. The average molecular weight is 493 g/mol. The van der Waals surface area contributed by atoms with Gasteiger partial charge in [-0.25, -0.2) is 4.68 Å². The average Bonchev–Trinajstić information content (AvgIpc) is 3.38. The number of hydrogen-bond acceptors (Lipinski definition) is 5. The fourth-order valence-electron chi connectivity index (χ4n) is 3.11. The van der Waals surface area contributed by atoms with Crippen molar-refractivity contribution in [2.45, 2.75) is 18.3 Å². The number of amides is 1. The molecule has 7 nitrogen and oxygen atoms in total. The molecule has 12 heteroatoms. The number of nitrogens with zero attached hydrogens (tertiary/aromatic N) is 5. The number of aryl methyl sites for hydroxylation is 1. The second-order valence-electron chi connectivity index (χ2n) is 6.90. The zero-order valence-corrected chi connectivity index (χ0v) is 18.6. The third kappa shape index (κ3) is 5.20. The summed E-state index contributed by atoms with van der Waals surface area (Å²) >= 11 is 7.16. The van der Waals surface area contributed by atoms with Crippen LogP contribution in [-0.2, 0) is 11.0 Å². The van der Waals surface area contributed by atoms with Gasteiger partial charge in [-0.05, 0) is 37.3 Å². The van der Waals surface area contributed by atoms with Crippen molar-refractivity contribution in [2.75, 3.05) is 11.1 Å². The Morgan fingerprint density at radius 3 is 2.70 bits per heavy atom. The Morgan fingerprint density at radius 2 is 1.94 bits per heavy atom. The Labute approximate surface area is 195 Å². The summed E-state index contributed by atoms with van der Waals surface area (Å²) in [5.41, 5.74) is 0.151. The third-order valence-corrected chi connectivity index (χ3v) is 5.65. The number of thioether (sulfide) groups is 1. The summed E-state index contributed by atoms with van der Waals surface area (Å²) in [6.45, 7) is 1.63. The normalized spacial score (nSPS) is 11.5. The molecule has 1 amide bonds. The number of carbonyl (C=O) groups is 1. The van der Waals surface area contributed by atoms with Crippen molar-refractivity contribution in [3.8, 4) is 11.4 Å². The Hall–Kier alpha value is -3.31. The zero-order chi connectivity index (χ0) is 23.6. The lowest BCUT2D eigenvalue weighted by Crippen LogP contribution is -2.19. The van der Waals surface area contributed by atoms with Crippen LogP contribution in [0.25, 0.3) is 11.4 Å². The number of alkyl halides is 3. The summed E-state index contributed by atoms with van der Waals surface area (Å²) in [6.07, 6.45) is -3.07. The molecule has 2 heterocycles. The van der Waals surface area contributed by atoms with Gasteiger partial charge in [-0.3, -0.25) is 9.36 Å². The summed E-state index contributed by atoms with van der Waals surface area (Å²) in [6, 6.07) is 13.6. The summed E-state index contributed by atoms with van der Waals surface area (Å²) < 4.78 is 43.1. The molecule has 0 saturated heterocycles. The summed E-state index contributed by atoms with van der Waals surface area (Å²) in [5, 5.41) is 15.7. The minimum atomic E-state index is -4.57. The number of halogens is 4. The van der Waals surface area contributed by atoms with Crippen molar-refractivity contribution < 1.29 is 18.0 Å². The number of benzene rings is 2. The van der Waals surface area contributed by atoms with E-state index in [0.29, 0.717) is 15.9 Å². The fourth-order valence-corrected chi connectivity index (χ4v) is 4.02. The molecule has 0 aliphatic carbocycles. The Morgan fingerprint density at radius 1 is 1.15 bits per heavy atom. The minimum Gasteiger partial charge on any atom is -0.310 e. The molecule has 0 atom stereocenters. The molecule has 33 heavy (non-hydrogen) atoms. The van der Waals surface area contributed by atoms with E-state index < -0.39 is 17.6 Å². The SMILES string of the molecule is Cc1cc(NC(=O)CSc2nncn2-c2cccc(Cl)c2)n(-c2ccccc2C(F)(F)F)n1. The van der Waals surface area contributed by atoms with E-state index in [-0.39, 0.29) is 17.3 Å². The molecule has 0 bridgehead atoms. The van der Waals surface area contributed by atoms with E-state index in [0.717, 1.165) is 28.2 Å². The van der Waals surface area contributed by atoms with Crippen molar-refractivity contribution in [1.82, 2.24) is 24.5 Å². The summed E-state index contributed by atoms with van der Waals surface area (Å²) in [4.78, 5) is 12.6. The highest BCUT2D eigenvalue weighted by Gasteiger charge is 2.34. The summed E-state index contributed by atoms with van der Waals surface area (Å²) in [5.74, 6) is -0.359. The van der Waals surface area contributed by atoms with Crippen LogP contribution in [0.5, 0.6) is 0 Å². The highest BCUT2D eigenvalue weighted by molar-refractivity contribution is 7.99. The molecule has 0 radical (unpaired) electrons. The fraction of sp³-hybridized carbons (Fsp3) is 0.143. The highest BCUT2D eigenvalue weighted by Crippen LogP contribution is 2.34. The van der Waals surface area contributed by atoms with Gasteiger partial charge < -0.3 is 5.32 Å². The second-order valence-corrected chi connectivity index (χ2v) is 8.28. The van der Waals surface area contributed by atoms with Gasteiger partial charge >= 0.3 is 6.18 Å². The van der Waals surface area contributed by atoms with Gasteiger partial charge in [-0.2, -0.15) is 18.3 Å². The van der Waals surface area contributed by atoms with Crippen molar-refractivity contribution in [3.63, 3.8) is 0 Å². The molecule has 0 fully saturated rings. The first-order chi connectivity index (χ1) is 15.7. The first-order valence-corrected chi connectivity index (χ1v) is 10.9. The van der Waals surface area contributed by atoms with E-state index >= 15 is 0 Å². The number of carbonyl (C=O) groups excluding carboxylic acids is 1. The maximum absolute atomic E-state index is 13.5. The van der Waals surface area contributed by atoms with E-state index in [1.807, 2.05) is 6.07 Å². The van der Waals surface area contributed by atoms with E-state index in [1.165, 1.54) is 30.6 Å². The topological polar surface area (TPSA) is 77.6 Å². The first kappa shape index (κ1) is 22.9. The van der Waals surface area contributed by atoms with Gasteiger partial charge in [0, 0.05) is 11.1 Å². The molecule has 170 valence electrons. The maximum Gasteiger partial charge on any atom is 0.418 e. The number of nitrogens with one attached hydrogen (secondary N) is 1. The molecule has 4 aromatic rings. The number of para-hydroxylation sites is 1. The number of hydrogen-bond donors (Lipinski definition) is 1. The molecule has 0 unspecified atom stereocenters. The quantitative estimate of drug-likeness (QED) is 0.376. The molecule has 1 N–H and O–H groups in total. The van der Waals surface area contributed by atoms with Crippen LogP contribution < -0.4 is 5.32 Å². The van der Waals surface area contributed by atoms with Crippen molar-refractivity contribution in [1.29, 1.82) is 0 Å². The molecule has 4 rings (SSSR count). The van der Waals surface area contributed by atoms with Crippen LogP contribution in [0.3, 0.4) is 0 Å². The largest absolute Gasteiger partial charge is 0.418 e. The molecule has 0 spiro atoms. The van der Waals surface area contributed by atoms with Gasteiger partial charge in [-0.1, -0.05) is 41.6 Å².